The molecule has 0 saturated heterocycles. The number of hydrogen-bond acceptors (Lipinski definition) is 5. The summed E-state index contributed by atoms with van der Waals surface area (Å²) in [4.78, 5) is 8.98. The van der Waals surface area contributed by atoms with Crippen LogP contribution in [-0.4, -0.2) is 42.3 Å². The Morgan fingerprint density at radius 2 is 1.93 bits per heavy atom. The maximum absolute atomic E-state index is 5.89. The van der Waals surface area contributed by atoms with Gasteiger partial charge in [-0.3, -0.25) is 4.99 Å². The average Bonchev–Trinajstić information content (AvgIpc) is 3.17. The second kappa shape index (κ2) is 14.3. The van der Waals surface area contributed by atoms with Crippen molar-refractivity contribution in [1.82, 2.24) is 20.8 Å². The molecule has 162 valence electrons. The lowest BCUT2D eigenvalue weighted by molar-refractivity contribution is 0.0652. The second-order valence-corrected chi connectivity index (χ2v) is 6.92. The van der Waals surface area contributed by atoms with E-state index in [0.717, 1.165) is 24.7 Å². The molecule has 0 bridgehead atoms. The van der Waals surface area contributed by atoms with Crippen LogP contribution < -0.4 is 10.6 Å². The third-order valence-electron chi connectivity index (χ3n) is 4.18. The first-order chi connectivity index (χ1) is 13.6. The first kappa shape index (κ1) is 25.4. The number of hydrogen-bond donors (Lipinski definition) is 2. The molecule has 1 heterocycles. The summed E-state index contributed by atoms with van der Waals surface area (Å²) in [5.41, 5.74) is 1.20. The predicted molar refractivity (Wildman–Crippen MR) is 127 cm³/mol. The first-order valence-electron chi connectivity index (χ1n) is 10.1. The fraction of sp³-hybridized carbons (Fsp3) is 0.571. The fourth-order valence-electron chi connectivity index (χ4n) is 2.57. The number of guanidine groups is 1. The molecular weight excluding hydrogens is 481 g/mol. The van der Waals surface area contributed by atoms with Crippen molar-refractivity contribution in [3.8, 4) is 0 Å². The number of nitrogens with one attached hydrogen (secondary N) is 2. The Bertz CT molecular complexity index is 706. The summed E-state index contributed by atoms with van der Waals surface area (Å²) in [5.74, 6) is 2.47. The Labute approximate surface area is 191 Å². The van der Waals surface area contributed by atoms with Crippen LogP contribution in [0, 0.1) is 0 Å². The molecule has 0 spiro atoms. The van der Waals surface area contributed by atoms with Crippen molar-refractivity contribution in [3.63, 3.8) is 0 Å². The summed E-state index contributed by atoms with van der Waals surface area (Å²) in [6, 6.07) is 10.3. The minimum absolute atomic E-state index is 0. The Morgan fingerprint density at radius 3 is 2.59 bits per heavy atom. The van der Waals surface area contributed by atoms with Gasteiger partial charge in [-0.05, 0) is 25.8 Å². The number of benzene rings is 1. The van der Waals surface area contributed by atoms with Gasteiger partial charge in [0.15, 0.2) is 11.8 Å². The quantitative estimate of drug-likeness (QED) is 0.203. The molecule has 29 heavy (non-hydrogen) atoms. The zero-order chi connectivity index (χ0) is 20.2. The summed E-state index contributed by atoms with van der Waals surface area (Å²) in [6.07, 6.45) is 1.64. The monoisotopic (exact) mass is 515 g/mol. The Balaban J connectivity index is 0.00000420. The van der Waals surface area contributed by atoms with E-state index in [0.29, 0.717) is 32.0 Å². The molecule has 1 aromatic heterocycles. The summed E-state index contributed by atoms with van der Waals surface area (Å²) < 4.78 is 11.2. The van der Waals surface area contributed by atoms with Crippen molar-refractivity contribution in [2.75, 3.05) is 26.2 Å². The van der Waals surface area contributed by atoms with Crippen LogP contribution in [0.4, 0.5) is 0 Å². The van der Waals surface area contributed by atoms with Gasteiger partial charge < -0.3 is 19.9 Å². The molecule has 0 saturated carbocycles. The van der Waals surface area contributed by atoms with Gasteiger partial charge in [0.2, 0.25) is 5.89 Å². The molecule has 0 fully saturated rings. The molecule has 0 aliphatic carbocycles. The van der Waals surface area contributed by atoms with E-state index >= 15 is 0 Å². The molecule has 2 aromatic rings. The second-order valence-electron chi connectivity index (χ2n) is 6.92. The highest BCUT2D eigenvalue weighted by molar-refractivity contribution is 14.0. The van der Waals surface area contributed by atoms with E-state index in [1.165, 1.54) is 5.56 Å². The van der Waals surface area contributed by atoms with E-state index in [1.807, 2.05) is 32.0 Å². The molecule has 2 N–H and O–H groups in total. The van der Waals surface area contributed by atoms with Crippen LogP contribution >= 0.6 is 24.0 Å². The number of aromatic nitrogens is 2. The number of aliphatic imine (C=N–C) groups is 1. The Kier molecular flexibility index (Phi) is 12.5. The smallest absolute Gasteiger partial charge is 0.228 e. The lowest BCUT2D eigenvalue weighted by atomic mass is 10.1. The van der Waals surface area contributed by atoms with E-state index < -0.39 is 0 Å². The zero-order valence-electron chi connectivity index (χ0n) is 17.9. The van der Waals surface area contributed by atoms with E-state index in [9.17, 15) is 0 Å². The van der Waals surface area contributed by atoms with Gasteiger partial charge in [0.25, 0.3) is 0 Å². The molecule has 7 nitrogen and oxygen atoms in total. The van der Waals surface area contributed by atoms with Gasteiger partial charge in [-0.25, -0.2) is 0 Å². The molecule has 0 aliphatic rings. The highest BCUT2D eigenvalue weighted by Crippen LogP contribution is 2.15. The van der Waals surface area contributed by atoms with E-state index in [4.69, 9.17) is 9.26 Å². The van der Waals surface area contributed by atoms with Gasteiger partial charge in [0.05, 0.1) is 6.10 Å². The largest absolute Gasteiger partial charge is 0.374 e. The number of nitrogens with zero attached hydrogens (tertiary/aromatic N) is 3. The molecule has 1 aromatic carbocycles. The number of rotatable bonds is 11. The molecule has 0 aliphatic heterocycles. The van der Waals surface area contributed by atoms with Crippen molar-refractivity contribution in [2.24, 2.45) is 4.99 Å². The molecule has 0 radical (unpaired) electrons. The standard InChI is InChI=1S/C21H33N5O2.HI/c1-5-22-21(24-14-12-19-25-20(16(2)3)26-28-19)23-13-9-15-27-17(4)18-10-7-6-8-11-18;/h6-8,10-11,16-17H,5,9,12-15H2,1-4H3,(H2,22,23,24);1H. The SMILES string of the molecule is CCNC(=NCCCOC(C)c1ccccc1)NCCc1nc(C(C)C)no1.I. The molecule has 2 rings (SSSR count). The van der Waals surface area contributed by atoms with Crippen molar-refractivity contribution < 1.29 is 9.26 Å². The van der Waals surface area contributed by atoms with Gasteiger partial charge >= 0.3 is 0 Å². The normalized spacial score (nSPS) is 12.5. The third-order valence-corrected chi connectivity index (χ3v) is 4.18. The fourth-order valence-corrected chi connectivity index (χ4v) is 2.57. The molecule has 8 heteroatoms. The van der Waals surface area contributed by atoms with E-state index in [2.05, 4.69) is 51.7 Å². The molecule has 0 amide bonds. The number of halogens is 1. The van der Waals surface area contributed by atoms with Crippen LogP contribution in [0.25, 0.3) is 0 Å². The van der Waals surface area contributed by atoms with Crippen molar-refractivity contribution in [3.05, 3.63) is 47.6 Å². The lowest BCUT2D eigenvalue weighted by Crippen LogP contribution is -2.38. The van der Waals surface area contributed by atoms with Gasteiger partial charge in [-0.1, -0.05) is 49.3 Å². The highest BCUT2D eigenvalue weighted by Gasteiger charge is 2.09. The topological polar surface area (TPSA) is 84.6 Å². The summed E-state index contributed by atoms with van der Waals surface area (Å²) >= 11 is 0. The van der Waals surface area contributed by atoms with E-state index in [1.54, 1.807) is 0 Å². The minimum Gasteiger partial charge on any atom is -0.374 e. The average molecular weight is 515 g/mol. The molecular formula is C21H34IN5O2. The first-order valence-corrected chi connectivity index (χ1v) is 10.1. The van der Waals surface area contributed by atoms with Crippen molar-refractivity contribution >= 4 is 29.9 Å². The highest BCUT2D eigenvalue weighted by atomic mass is 127. The van der Waals surface area contributed by atoms with Crippen LogP contribution in [0.2, 0.25) is 0 Å². The van der Waals surface area contributed by atoms with Gasteiger partial charge in [-0.15, -0.1) is 24.0 Å². The molecule has 1 unspecified atom stereocenters. The molecule has 1 atom stereocenters. The van der Waals surface area contributed by atoms with E-state index in [-0.39, 0.29) is 36.0 Å². The van der Waals surface area contributed by atoms with Crippen LogP contribution in [-0.2, 0) is 11.2 Å². The summed E-state index contributed by atoms with van der Waals surface area (Å²) in [5, 5.41) is 10.5. The maximum atomic E-state index is 5.89. The van der Waals surface area contributed by atoms with Crippen LogP contribution in [0.3, 0.4) is 0 Å². The Morgan fingerprint density at radius 1 is 1.17 bits per heavy atom. The third kappa shape index (κ3) is 9.58. The summed E-state index contributed by atoms with van der Waals surface area (Å²) in [6.45, 7) is 11.1. The Hall–Kier alpha value is -1.68. The minimum atomic E-state index is 0. The zero-order valence-corrected chi connectivity index (χ0v) is 20.2. The number of ether oxygens (including phenoxy) is 1. The lowest BCUT2D eigenvalue weighted by Gasteiger charge is -2.13. The van der Waals surface area contributed by atoms with Crippen molar-refractivity contribution in [1.29, 1.82) is 0 Å². The van der Waals surface area contributed by atoms with Gasteiger partial charge in [-0.2, -0.15) is 4.98 Å². The predicted octanol–water partition coefficient (Wildman–Crippen LogP) is 4.08. The summed E-state index contributed by atoms with van der Waals surface area (Å²) in [7, 11) is 0. The van der Waals surface area contributed by atoms with Crippen molar-refractivity contribution in [2.45, 2.75) is 52.6 Å². The van der Waals surface area contributed by atoms with Crippen LogP contribution in [0.15, 0.2) is 39.8 Å². The van der Waals surface area contributed by atoms with Gasteiger partial charge in [0, 0.05) is 38.6 Å². The maximum Gasteiger partial charge on any atom is 0.228 e. The van der Waals surface area contributed by atoms with Crippen LogP contribution in [0.1, 0.15) is 63.4 Å². The van der Waals surface area contributed by atoms with Gasteiger partial charge in [0.1, 0.15) is 0 Å². The van der Waals surface area contributed by atoms with Crippen LogP contribution in [0.5, 0.6) is 0 Å².